The van der Waals surface area contributed by atoms with E-state index in [2.05, 4.69) is 0 Å². The Kier molecular flexibility index (Phi) is 2.88. The summed E-state index contributed by atoms with van der Waals surface area (Å²) >= 11 is 0. The maximum Gasteiger partial charge on any atom is 0.393 e. The van der Waals surface area contributed by atoms with E-state index < -0.39 is 18.1 Å². The molecule has 0 aromatic rings. The van der Waals surface area contributed by atoms with Gasteiger partial charge in [0.05, 0.1) is 5.92 Å². The molecule has 2 rings (SSSR count). The third kappa shape index (κ3) is 2.41. The summed E-state index contributed by atoms with van der Waals surface area (Å²) in [5, 5.41) is 0. The van der Waals surface area contributed by atoms with E-state index in [1.165, 1.54) is 4.90 Å². The molecule has 3 nitrogen and oxygen atoms in total. The molecule has 1 aliphatic carbocycles. The summed E-state index contributed by atoms with van der Waals surface area (Å²) < 4.78 is 37.7. The molecule has 2 fully saturated rings. The third-order valence-corrected chi connectivity index (χ3v) is 3.88. The van der Waals surface area contributed by atoms with Gasteiger partial charge >= 0.3 is 6.18 Å². The molecule has 6 heteroatoms. The Morgan fingerprint density at radius 3 is 2.41 bits per heavy atom. The van der Waals surface area contributed by atoms with Gasteiger partial charge in [-0.2, -0.15) is 13.2 Å². The SMILES string of the molecule is CC1(C(=O)N2CCC(C(F)(F)F)C(N)C2)CC1. The van der Waals surface area contributed by atoms with Gasteiger partial charge in [-0.3, -0.25) is 4.79 Å². The quantitative estimate of drug-likeness (QED) is 0.767. The van der Waals surface area contributed by atoms with Crippen LogP contribution >= 0.6 is 0 Å². The molecule has 2 N–H and O–H groups in total. The fourth-order valence-electron chi connectivity index (χ4n) is 2.36. The zero-order chi connectivity index (χ0) is 12.8. The molecule has 2 unspecified atom stereocenters. The summed E-state index contributed by atoms with van der Waals surface area (Å²) in [4.78, 5) is 13.5. The Morgan fingerprint density at radius 1 is 1.41 bits per heavy atom. The summed E-state index contributed by atoms with van der Waals surface area (Å²) in [7, 11) is 0. The van der Waals surface area contributed by atoms with Gasteiger partial charge in [0.25, 0.3) is 0 Å². The summed E-state index contributed by atoms with van der Waals surface area (Å²) in [6.07, 6.45) is -2.66. The van der Waals surface area contributed by atoms with Gasteiger partial charge in [-0.25, -0.2) is 0 Å². The van der Waals surface area contributed by atoms with E-state index in [-0.39, 0.29) is 30.8 Å². The smallest absolute Gasteiger partial charge is 0.341 e. The fourth-order valence-corrected chi connectivity index (χ4v) is 2.36. The van der Waals surface area contributed by atoms with Crippen LogP contribution in [-0.2, 0) is 4.79 Å². The lowest BCUT2D eigenvalue weighted by molar-refractivity contribution is -0.191. The Hall–Kier alpha value is -0.780. The lowest BCUT2D eigenvalue weighted by Gasteiger charge is -2.38. The van der Waals surface area contributed by atoms with E-state index in [0.29, 0.717) is 0 Å². The maximum atomic E-state index is 12.6. The van der Waals surface area contributed by atoms with Crippen molar-refractivity contribution in [3.63, 3.8) is 0 Å². The van der Waals surface area contributed by atoms with Gasteiger partial charge in [-0.05, 0) is 19.3 Å². The van der Waals surface area contributed by atoms with Crippen molar-refractivity contribution in [1.82, 2.24) is 4.90 Å². The number of carbonyl (C=O) groups excluding carboxylic acids is 1. The third-order valence-electron chi connectivity index (χ3n) is 3.88. The lowest BCUT2D eigenvalue weighted by Crippen LogP contribution is -2.55. The molecule has 2 aliphatic rings. The summed E-state index contributed by atoms with van der Waals surface area (Å²) in [5.41, 5.74) is 5.21. The van der Waals surface area contributed by atoms with Crippen molar-refractivity contribution in [2.45, 2.75) is 38.4 Å². The Balaban J connectivity index is 1.98. The average Bonchev–Trinajstić information content (AvgIpc) is 2.94. The van der Waals surface area contributed by atoms with Crippen molar-refractivity contribution >= 4 is 5.91 Å². The standard InChI is InChI=1S/C11H17F3N2O/c1-10(3-4-10)9(17)16-5-2-7(8(15)6-16)11(12,13)14/h7-8H,2-6,15H2,1H3. The van der Waals surface area contributed by atoms with E-state index >= 15 is 0 Å². The van der Waals surface area contributed by atoms with Crippen LogP contribution in [0, 0.1) is 11.3 Å². The Labute approximate surface area is 98.1 Å². The van der Waals surface area contributed by atoms with Crippen molar-refractivity contribution in [3.05, 3.63) is 0 Å². The van der Waals surface area contributed by atoms with E-state index in [1.54, 1.807) is 0 Å². The van der Waals surface area contributed by atoms with Gasteiger partial charge < -0.3 is 10.6 Å². The number of likely N-dealkylation sites (tertiary alicyclic amines) is 1. The monoisotopic (exact) mass is 250 g/mol. The Morgan fingerprint density at radius 2 is 2.00 bits per heavy atom. The minimum atomic E-state index is -4.25. The van der Waals surface area contributed by atoms with Gasteiger partial charge in [0, 0.05) is 24.5 Å². The minimum Gasteiger partial charge on any atom is -0.341 e. The molecule has 98 valence electrons. The first-order valence-corrected chi connectivity index (χ1v) is 5.86. The van der Waals surface area contributed by atoms with Crippen LogP contribution < -0.4 is 5.73 Å². The first kappa shape index (κ1) is 12.7. The molecule has 0 aromatic carbocycles. The highest BCUT2D eigenvalue weighted by Crippen LogP contribution is 2.47. The first-order chi connectivity index (χ1) is 7.74. The van der Waals surface area contributed by atoms with Crippen LogP contribution in [0.5, 0.6) is 0 Å². The van der Waals surface area contributed by atoms with Crippen LogP contribution in [0.3, 0.4) is 0 Å². The first-order valence-electron chi connectivity index (χ1n) is 5.86. The van der Waals surface area contributed by atoms with Gasteiger partial charge in [-0.1, -0.05) is 6.92 Å². The number of halogens is 3. The van der Waals surface area contributed by atoms with E-state index in [1.807, 2.05) is 6.92 Å². The number of rotatable bonds is 1. The average molecular weight is 250 g/mol. The molecule has 0 bridgehead atoms. The number of hydrogen-bond acceptors (Lipinski definition) is 2. The largest absolute Gasteiger partial charge is 0.393 e. The maximum absolute atomic E-state index is 12.6. The number of nitrogens with two attached hydrogens (primary N) is 1. The Bertz CT molecular complexity index is 325. The lowest BCUT2D eigenvalue weighted by atomic mass is 9.90. The van der Waals surface area contributed by atoms with Crippen molar-refractivity contribution in [2.75, 3.05) is 13.1 Å². The number of amides is 1. The predicted molar refractivity (Wildman–Crippen MR) is 56.1 cm³/mol. The second-order valence-corrected chi connectivity index (χ2v) is 5.41. The summed E-state index contributed by atoms with van der Waals surface area (Å²) in [5.74, 6) is -1.51. The molecular weight excluding hydrogens is 233 g/mol. The fraction of sp³-hybridized carbons (Fsp3) is 0.909. The van der Waals surface area contributed by atoms with Crippen molar-refractivity contribution in [2.24, 2.45) is 17.1 Å². The van der Waals surface area contributed by atoms with Gasteiger partial charge in [0.1, 0.15) is 0 Å². The zero-order valence-corrected chi connectivity index (χ0v) is 9.76. The van der Waals surface area contributed by atoms with Gasteiger partial charge in [-0.15, -0.1) is 0 Å². The zero-order valence-electron chi connectivity index (χ0n) is 9.76. The molecule has 0 spiro atoms. The summed E-state index contributed by atoms with van der Waals surface area (Å²) in [6.45, 7) is 2.06. The molecule has 0 radical (unpaired) electrons. The molecule has 2 atom stereocenters. The molecule has 1 amide bonds. The predicted octanol–water partition coefficient (Wildman–Crippen LogP) is 1.52. The highest BCUT2D eigenvalue weighted by molar-refractivity contribution is 5.85. The highest BCUT2D eigenvalue weighted by atomic mass is 19.4. The molecule has 0 aromatic heterocycles. The van der Waals surface area contributed by atoms with Gasteiger partial charge in [0.2, 0.25) is 5.91 Å². The van der Waals surface area contributed by atoms with Crippen LogP contribution in [0.1, 0.15) is 26.2 Å². The highest BCUT2D eigenvalue weighted by Gasteiger charge is 2.51. The van der Waals surface area contributed by atoms with Crippen LogP contribution in [0.25, 0.3) is 0 Å². The van der Waals surface area contributed by atoms with Crippen molar-refractivity contribution in [3.8, 4) is 0 Å². The van der Waals surface area contributed by atoms with Crippen LogP contribution in [-0.4, -0.2) is 36.1 Å². The van der Waals surface area contributed by atoms with Gasteiger partial charge in [0.15, 0.2) is 0 Å². The number of alkyl halides is 3. The molecule has 1 saturated carbocycles. The number of piperidine rings is 1. The van der Waals surface area contributed by atoms with E-state index in [9.17, 15) is 18.0 Å². The molecule has 1 aliphatic heterocycles. The normalized spacial score (nSPS) is 32.4. The molecular formula is C11H17F3N2O. The minimum absolute atomic E-state index is 0.0264. The van der Waals surface area contributed by atoms with E-state index in [0.717, 1.165) is 12.8 Å². The van der Waals surface area contributed by atoms with Crippen LogP contribution in [0.2, 0.25) is 0 Å². The van der Waals surface area contributed by atoms with E-state index in [4.69, 9.17) is 5.73 Å². The number of nitrogens with zero attached hydrogens (tertiary/aromatic N) is 1. The van der Waals surface area contributed by atoms with Crippen LogP contribution in [0.4, 0.5) is 13.2 Å². The second kappa shape index (κ2) is 3.86. The van der Waals surface area contributed by atoms with Crippen molar-refractivity contribution in [1.29, 1.82) is 0 Å². The molecule has 1 saturated heterocycles. The topological polar surface area (TPSA) is 46.3 Å². The van der Waals surface area contributed by atoms with Crippen molar-refractivity contribution < 1.29 is 18.0 Å². The molecule has 17 heavy (non-hydrogen) atoms. The molecule has 1 heterocycles. The number of carbonyl (C=O) groups is 1. The number of hydrogen-bond donors (Lipinski definition) is 1. The second-order valence-electron chi connectivity index (χ2n) is 5.41. The summed E-state index contributed by atoms with van der Waals surface area (Å²) in [6, 6.07) is -0.991. The van der Waals surface area contributed by atoms with Crippen LogP contribution in [0.15, 0.2) is 0 Å².